The highest BCUT2D eigenvalue weighted by Crippen LogP contribution is 2.48. The monoisotopic (exact) mass is 182 g/mol. The van der Waals surface area contributed by atoms with Crippen LogP contribution in [-0.4, -0.2) is 28.6 Å². The van der Waals surface area contributed by atoms with Gasteiger partial charge in [0, 0.05) is 17.6 Å². The third-order valence-corrected chi connectivity index (χ3v) is 3.04. The molecule has 1 saturated carbocycles. The van der Waals surface area contributed by atoms with Gasteiger partial charge >= 0.3 is 6.03 Å². The van der Waals surface area contributed by atoms with Gasteiger partial charge in [-0.15, -0.1) is 0 Å². The van der Waals surface area contributed by atoms with Crippen molar-refractivity contribution < 1.29 is 4.79 Å². The lowest BCUT2D eigenvalue weighted by Gasteiger charge is -2.45. The minimum atomic E-state index is -0.0407. The first-order chi connectivity index (χ1) is 5.96. The zero-order valence-electron chi connectivity index (χ0n) is 8.68. The van der Waals surface area contributed by atoms with Crippen molar-refractivity contribution in [2.24, 2.45) is 0 Å². The van der Waals surface area contributed by atoms with E-state index >= 15 is 0 Å². The molecule has 2 fully saturated rings. The van der Waals surface area contributed by atoms with Crippen LogP contribution in [0.3, 0.4) is 0 Å². The minimum Gasteiger partial charge on any atom is -0.338 e. The quantitative estimate of drug-likeness (QED) is 0.608. The van der Waals surface area contributed by atoms with Gasteiger partial charge in [0.15, 0.2) is 0 Å². The zero-order chi connectivity index (χ0) is 9.69. The van der Waals surface area contributed by atoms with Crippen molar-refractivity contribution in [3.05, 3.63) is 0 Å². The fourth-order valence-electron chi connectivity index (χ4n) is 2.44. The molecule has 0 bridgehead atoms. The fraction of sp³-hybridized carbons (Fsp3) is 0.900. The topological polar surface area (TPSA) is 32.3 Å². The Morgan fingerprint density at radius 3 is 2.31 bits per heavy atom. The van der Waals surface area contributed by atoms with Crippen molar-refractivity contribution in [2.75, 3.05) is 6.54 Å². The largest absolute Gasteiger partial charge is 0.338 e. The van der Waals surface area contributed by atoms with Crippen LogP contribution in [0.25, 0.3) is 0 Å². The highest BCUT2D eigenvalue weighted by Gasteiger charge is 2.55. The van der Waals surface area contributed by atoms with Gasteiger partial charge in [-0.3, -0.25) is 0 Å². The second-order valence-corrected chi connectivity index (χ2v) is 5.21. The van der Waals surface area contributed by atoms with Crippen LogP contribution in [0.15, 0.2) is 0 Å². The second-order valence-electron chi connectivity index (χ2n) is 5.21. The van der Waals surface area contributed by atoms with E-state index in [1.54, 1.807) is 0 Å². The summed E-state index contributed by atoms with van der Waals surface area (Å²) in [5, 5.41) is 2.92. The third-order valence-electron chi connectivity index (χ3n) is 3.04. The van der Waals surface area contributed by atoms with Gasteiger partial charge in [-0.2, -0.15) is 0 Å². The average molecular weight is 182 g/mol. The maximum Gasteiger partial charge on any atom is 0.318 e. The molecule has 2 aliphatic rings. The van der Waals surface area contributed by atoms with E-state index in [0.29, 0.717) is 0 Å². The molecule has 1 aliphatic heterocycles. The summed E-state index contributed by atoms with van der Waals surface area (Å²) in [6.07, 6.45) is 3.51. The van der Waals surface area contributed by atoms with Crippen molar-refractivity contribution in [2.45, 2.75) is 51.1 Å². The predicted octanol–water partition coefficient (Wildman–Crippen LogP) is 1.73. The average Bonchev–Trinajstić information content (AvgIpc) is 2.66. The molecular weight excluding hydrogens is 164 g/mol. The van der Waals surface area contributed by atoms with Crippen molar-refractivity contribution in [1.29, 1.82) is 0 Å². The van der Waals surface area contributed by atoms with Crippen molar-refractivity contribution >= 4 is 6.03 Å². The van der Waals surface area contributed by atoms with E-state index in [1.165, 1.54) is 12.8 Å². The molecule has 1 aliphatic carbocycles. The van der Waals surface area contributed by atoms with Crippen LogP contribution in [0.5, 0.6) is 0 Å². The molecule has 2 amide bonds. The lowest BCUT2D eigenvalue weighted by Crippen LogP contribution is -2.61. The molecule has 3 heteroatoms. The number of amides is 2. The second kappa shape index (κ2) is 2.40. The van der Waals surface area contributed by atoms with Crippen LogP contribution in [0.2, 0.25) is 0 Å². The van der Waals surface area contributed by atoms with Gasteiger partial charge in [-0.05, 0) is 40.0 Å². The maximum absolute atomic E-state index is 11.7. The Hall–Kier alpha value is -0.730. The number of hydrogen-bond acceptors (Lipinski definition) is 1. The van der Waals surface area contributed by atoms with Crippen LogP contribution < -0.4 is 5.32 Å². The lowest BCUT2D eigenvalue weighted by atomic mass is 9.98. The minimum absolute atomic E-state index is 0.0407. The highest BCUT2D eigenvalue weighted by molar-refractivity contribution is 5.77. The Kier molecular flexibility index (Phi) is 1.63. The smallest absolute Gasteiger partial charge is 0.318 e. The molecule has 3 nitrogen and oxygen atoms in total. The molecule has 0 radical (unpaired) electrons. The molecule has 0 aromatic rings. The van der Waals surface area contributed by atoms with Crippen molar-refractivity contribution in [3.63, 3.8) is 0 Å². The van der Waals surface area contributed by atoms with Gasteiger partial charge in [0.2, 0.25) is 0 Å². The SMILES string of the molecule is CC(C)(C)N1C(=O)NCCC12CC2. The van der Waals surface area contributed by atoms with Gasteiger partial charge < -0.3 is 10.2 Å². The number of carbonyl (C=O) groups is 1. The van der Waals surface area contributed by atoms with Crippen LogP contribution in [-0.2, 0) is 0 Å². The van der Waals surface area contributed by atoms with Crippen molar-refractivity contribution in [3.8, 4) is 0 Å². The number of nitrogens with one attached hydrogen (secondary N) is 1. The summed E-state index contributed by atoms with van der Waals surface area (Å²) in [5.74, 6) is 0. The maximum atomic E-state index is 11.7. The first kappa shape index (κ1) is 8.85. The standard InChI is InChI=1S/C10H18N2O/c1-9(2,3)12-8(13)11-7-6-10(12)4-5-10/h4-7H2,1-3H3,(H,11,13). The van der Waals surface area contributed by atoms with Gasteiger partial charge in [0.25, 0.3) is 0 Å². The summed E-state index contributed by atoms with van der Waals surface area (Å²) in [4.78, 5) is 13.8. The first-order valence-electron chi connectivity index (χ1n) is 5.04. The summed E-state index contributed by atoms with van der Waals surface area (Å²) < 4.78 is 0. The third kappa shape index (κ3) is 1.30. The van der Waals surface area contributed by atoms with Crippen LogP contribution in [0.4, 0.5) is 4.79 Å². The van der Waals surface area contributed by atoms with Gasteiger partial charge in [0.1, 0.15) is 0 Å². The van der Waals surface area contributed by atoms with Crippen LogP contribution in [0.1, 0.15) is 40.0 Å². The Morgan fingerprint density at radius 1 is 1.31 bits per heavy atom. The molecule has 0 atom stereocenters. The van der Waals surface area contributed by atoms with E-state index in [2.05, 4.69) is 26.1 Å². The summed E-state index contributed by atoms with van der Waals surface area (Å²) in [6.45, 7) is 7.18. The van der Waals surface area contributed by atoms with Crippen molar-refractivity contribution in [1.82, 2.24) is 10.2 Å². The summed E-state index contributed by atoms with van der Waals surface area (Å²) in [7, 11) is 0. The summed E-state index contributed by atoms with van der Waals surface area (Å²) in [6, 6.07) is 0.122. The number of nitrogens with zero attached hydrogens (tertiary/aromatic N) is 1. The summed E-state index contributed by atoms with van der Waals surface area (Å²) in [5.41, 5.74) is 0.182. The molecule has 74 valence electrons. The van der Waals surface area contributed by atoms with E-state index < -0.39 is 0 Å². The number of rotatable bonds is 0. The molecule has 13 heavy (non-hydrogen) atoms. The molecule has 2 rings (SSSR count). The zero-order valence-corrected chi connectivity index (χ0v) is 8.68. The highest BCUT2D eigenvalue weighted by atomic mass is 16.2. The molecule has 0 unspecified atom stereocenters. The molecule has 1 heterocycles. The molecule has 1 spiro atoms. The molecular formula is C10H18N2O. The number of carbonyl (C=O) groups excluding carboxylic acids is 1. The Morgan fingerprint density at radius 2 is 1.92 bits per heavy atom. The van der Waals surface area contributed by atoms with E-state index in [0.717, 1.165) is 13.0 Å². The first-order valence-corrected chi connectivity index (χ1v) is 5.04. The predicted molar refractivity (Wildman–Crippen MR) is 51.6 cm³/mol. The lowest BCUT2D eigenvalue weighted by molar-refractivity contribution is 0.0774. The summed E-state index contributed by atoms with van der Waals surface area (Å²) >= 11 is 0. The van der Waals surface area contributed by atoms with E-state index in [9.17, 15) is 4.79 Å². The Bertz CT molecular complexity index is 238. The van der Waals surface area contributed by atoms with Gasteiger partial charge in [-0.1, -0.05) is 0 Å². The molecule has 0 aromatic heterocycles. The normalized spacial score (nSPS) is 26.1. The van der Waals surface area contributed by atoms with Crippen LogP contribution >= 0.6 is 0 Å². The number of hydrogen-bond donors (Lipinski definition) is 1. The Labute approximate surface area is 79.5 Å². The Balaban J connectivity index is 2.25. The fourth-order valence-corrected chi connectivity index (χ4v) is 2.44. The molecule has 0 aromatic carbocycles. The molecule has 1 saturated heterocycles. The van der Waals surface area contributed by atoms with Crippen LogP contribution in [0, 0.1) is 0 Å². The number of urea groups is 1. The van der Waals surface area contributed by atoms with E-state index in [4.69, 9.17) is 0 Å². The van der Waals surface area contributed by atoms with Gasteiger partial charge in [-0.25, -0.2) is 4.79 Å². The molecule has 1 N–H and O–H groups in total. The van der Waals surface area contributed by atoms with E-state index in [-0.39, 0.29) is 17.1 Å². The van der Waals surface area contributed by atoms with Gasteiger partial charge in [0.05, 0.1) is 0 Å². The van der Waals surface area contributed by atoms with E-state index in [1.807, 2.05) is 4.90 Å².